The van der Waals surface area contributed by atoms with Gasteiger partial charge in [0.25, 0.3) is 0 Å². The molecule has 186 valence electrons. The third-order valence-electron chi connectivity index (χ3n) is 5.55. The highest BCUT2D eigenvalue weighted by molar-refractivity contribution is 7.79. The van der Waals surface area contributed by atoms with Crippen LogP contribution < -0.4 is 20.1 Å². The molecular formula is C24H28ClN5O4S. The van der Waals surface area contributed by atoms with Crippen LogP contribution in [-0.2, 0) is 11.1 Å². The molecule has 0 bridgehead atoms. The average molecular weight is 518 g/mol. The smallest absolute Gasteiger partial charge is 0.229 e. The Hall–Kier alpha value is -2.92. The highest BCUT2D eigenvalue weighted by Gasteiger charge is 2.23. The molecule has 3 N–H and O–H groups in total. The van der Waals surface area contributed by atoms with Crippen LogP contribution in [0.3, 0.4) is 0 Å². The van der Waals surface area contributed by atoms with Gasteiger partial charge in [-0.25, -0.2) is 9.19 Å². The standard InChI is InChI=1S/C24H28ClN5O4S/c1-3-30-12-11-17(15-30)34-16-9-10-19(21(13-16)33-4-2)28-24-26-14-18(25)23(29-24)27-20-7-5-6-8-22(20)35(31)32/h5-10,13-14,17H,3-4,11-12,15H2,1-2H3,(H,31,32)(H2,26,27,28,29). The molecule has 1 aliphatic rings. The van der Waals surface area contributed by atoms with Crippen LogP contribution in [0, 0.1) is 0 Å². The number of anilines is 4. The fraction of sp³-hybridized carbons (Fsp3) is 0.333. The number of halogens is 1. The molecule has 0 radical (unpaired) electrons. The number of hydrogen-bond acceptors (Lipinski definition) is 8. The number of para-hydroxylation sites is 1. The minimum absolute atomic E-state index is 0.160. The van der Waals surface area contributed by atoms with E-state index in [1.54, 1.807) is 24.3 Å². The van der Waals surface area contributed by atoms with Crippen molar-refractivity contribution < 1.29 is 18.2 Å². The predicted octanol–water partition coefficient (Wildman–Crippen LogP) is 5.07. The quantitative estimate of drug-likeness (QED) is 0.317. The molecule has 2 heterocycles. The van der Waals surface area contributed by atoms with Crippen LogP contribution in [-0.4, -0.2) is 56.0 Å². The molecule has 2 aromatic carbocycles. The lowest BCUT2D eigenvalue weighted by Crippen LogP contribution is -2.24. The third-order valence-corrected chi connectivity index (χ3v) is 6.56. The van der Waals surface area contributed by atoms with Gasteiger partial charge >= 0.3 is 0 Å². The summed E-state index contributed by atoms with van der Waals surface area (Å²) in [4.78, 5) is 11.3. The number of benzene rings is 2. The topological polar surface area (TPSA) is 109 Å². The molecule has 3 aromatic rings. The number of nitrogens with one attached hydrogen (secondary N) is 2. The maximum absolute atomic E-state index is 11.6. The van der Waals surface area contributed by atoms with Crippen molar-refractivity contribution >= 4 is 45.8 Å². The largest absolute Gasteiger partial charge is 0.492 e. The first-order chi connectivity index (χ1) is 17.0. The molecular weight excluding hydrogens is 490 g/mol. The van der Waals surface area contributed by atoms with Crippen molar-refractivity contribution in [3.63, 3.8) is 0 Å². The normalized spacial score (nSPS) is 16.6. The van der Waals surface area contributed by atoms with E-state index in [4.69, 9.17) is 21.1 Å². The third kappa shape index (κ3) is 6.40. The highest BCUT2D eigenvalue weighted by atomic mass is 35.5. The van der Waals surface area contributed by atoms with Gasteiger partial charge in [-0.1, -0.05) is 30.7 Å². The maximum Gasteiger partial charge on any atom is 0.229 e. The number of aromatic nitrogens is 2. The first kappa shape index (κ1) is 25.2. The molecule has 2 unspecified atom stereocenters. The molecule has 35 heavy (non-hydrogen) atoms. The molecule has 1 aromatic heterocycles. The van der Waals surface area contributed by atoms with Gasteiger partial charge in [0, 0.05) is 19.2 Å². The summed E-state index contributed by atoms with van der Waals surface area (Å²) in [6, 6.07) is 12.3. The molecule has 4 rings (SSSR count). The van der Waals surface area contributed by atoms with Gasteiger partial charge in [-0.2, -0.15) is 4.98 Å². The molecule has 0 saturated carbocycles. The molecule has 1 aliphatic heterocycles. The first-order valence-electron chi connectivity index (χ1n) is 11.4. The Morgan fingerprint density at radius 1 is 1.20 bits per heavy atom. The van der Waals surface area contributed by atoms with E-state index in [0.29, 0.717) is 29.5 Å². The summed E-state index contributed by atoms with van der Waals surface area (Å²) in [6.45, 7) is 7.53. The van der Waals surface area contributed by atoms with Gasteiger partial charge in [-0.05, 0) is 44.2 Å². The van der Waals surface area contributed by atoms with Crippen LogP contribution >= 0.6 is 11.6 Å². The van der Waals surface area contributed by atoms with Gasteiger partial charge in [0.15, 0.2) is 16.9 Å². The number of nitrogens with zero attached hydrogens (tertiary/aromatic N) is 3. The van der Waals surface area contributed by atoms with E-state index in [0.717, 1.165) is 31.8 Å². The van der Waals surface area contributed by atoms with Gasteiger partial charge in [0.05, 0.1) is 29.1 Å². The van der Waals surface area contributed by atoms with Gasteiger partial charge in [0.1, 0.15) is 22.6 Å². The molecule has 0 aliphatic carbocycles. The minimum Gasteiger partial charge on any atom is -0.492 e. The van der Waals surface area contributed by atoms with Crippen LogP contribution in [0.1, 0.15) is 20.3 Å². The zero-order valence-electron chi connectivity index (χ0n) is 19.5. The van der Waals surface area contributed by atoms with E-state index in [2.05, 4.69) is 32.4 Å². The number of hydrogen-bond donors (Lipinski definition) is 3. The molecule has 0 spiro atoms. The first-order valence-corrected chi connectivity index (χ1v) is 12.9. The number of likely N-dealkylation sites (N-methyl/N-ethyl adjacent to an activating group) is 1. The van der Waals surface area contributed by atoms with Crippen molar-refractivity contribution in [3.05, 3.63) is 53.7 Å². The van der Waals surface area contributed by atoms with Gasteiger partial charge in [-0.15, -0.1) is 0 Å². The van der Waals surface area contributed by atoms with Crippen molar-refractivity contribution in [2.45, 2.75) is 31.3 Å². The Morgan fingerprint density at radius 3 is 2.77 bits per heavy atom. The number of likely N-dealkylation sites (tertiary alicyclic amines) is 1. The Balaban J connectivity index is 1.53. The van der Waals surface area contributed by atoms with Crippen LogP contribution in [0.5, 0.6) is 11.5 Å². The van der Waals surface area contributed by atoms with Crippen LogP contribution in [0.15, 0.2) is 53.6 Å². The number of ether oxygens (including phenoxy) is 2. The fourth-order valence-corrected chi connectivity index (χ4v) is 4.45. The average Bonchev–Trinajstić information content (AvgIpc) is 3.31. The summed E-state index contributed by atoms with van der Waals surface area (Å²) < 4.78 is 33.2. The molecule has 0 amide bonds. The zero-order valence-corrected chi connectivity index (χ0v) is 21.1. The Kier molecular flexibility index (Phi) is 8.40. The van der Waals surface area contributed by atoms with Crippen LogP contribution in [0.4, 0.5) is 23.1 Å². The van der Waals surface area contributed by atoms with Crippen molar-refractivity contribution in [3.8, 4) is 11.5 Å². The van der Waals surface area contributed by atoms with E-state index in [1.165, 1.54) is 6.20 Å². The second-order valence-corrected chi connectivity index (χ2v) is 9.24. The lowest BCUT2D eigenvalue weighted by atomic mass is 10.2. The summed E-state index contributed by atoms with van der Waals surface area (Å²) >= 11 is 4.12. The van der Waals surface area contributed by atoms with E-state index in [9.17, 15) is 8.76 Å². The van der Waals surface area contributed by atoms with Crippen molar-refractivity contribution in [1.82, 2.24) is 14.9 Å². The van der Waals surface area contributed by atoms with E-state index >= 15 is 0 Å². The van der Waals surface area contributed by atoms with Crippen LogP contribution in [0.25, 0.3) is 0 Å². The second kappa shape index (κ2) is 11.7. The zero-order chi connectivity index (χ0) is 24.8. The molecule has 11 heteroatoms. The van der Waals surface area contributed by atoms with E-state index < -0.39 is 11.1 Å². The lowest BCUT2D eigenvalue weighted by molar-refractivity contribution is 0.201. The van der Waals surface area contributed by atoms with Gasteiger partial charge in [-0.3, -0.25) is 4.90 Å². The van der Waals surface area contributed by atoms with Crippen LogP contribution in [0.2, 0.25) is 5.02 Å². The van der Waals surface area contributed by atoms with Gasteiger partial charge < -0.3 is 24.7 Å². The Labute approximate surface area is 212 Å². The predicted molar refractivity (Wildman–Crippen MR) is 138 cm³/mol. The van der Waals surface area contributed by atoms with Crippen molar-refractivity contribution in [2.24, 2.45) is 0 Å². The molecule has 9 nitrogen and oxygen atoms in total. The lowest BCUT2D eigenvalue weighted by Gasteiger charge is -2.18. The summed E-state index contributed by atoms with van der Waals surface area (Å²) in [5.41, 5.74) is 1.09. The monoisotopic (exact) mass is 517 g/mol. The Morgan fingerprint density at radius 2 is 2.03 bits per heavy atom. The van der Waals surface area contributed by atoms with E-state index in [1.807, 2.05) is 25.1 Å². The summed E-state index contributed by atoms with van der Waals surface area (Å²) in [6.07, 6.45) is 2.61. The second-order valence-electron chi connectivity index (χ2n) is 7.90. The van der Waals surface area contributed by atoms with Crippen molar-refractivity contribution in [2.75, 3.05) is 36.9 Å². The van der Waals surface area contributed by atoms with E-state index in [-0.39, 0.29) is 22.0 Å². The SMILES string of the molecule is CCOc1cc(OC2CCN(CC)C2)ccc1Nc1ncc(Cl)c(Nc2ccccc2S(=O)O)n1. The summed E-state index contributed by atoms with van der Waals surface area (Å²) in [7, 11) is 0. The fourth-order valence-electron chi connectivity index (χ4n) is 3.81. The Bertz CT molecular complexity index is 1200. The minimum atomic E-state index is -2.17. The molecule has 1 saturated heterocycles. The number of rotatable bonds is 10. The van der Waals surface area contributed by atoms with Crippen molar-refractivity contribution in [1.29, 1.82) is 0 Å². The molecule has 2 atom stereocenters. The molecule has 1 fully saturated rings. The summed E-state index contributed by atoms with van der Waals surface area (Å²) in [5.74, 6) is 1.93. The highest BCUT2D eigenvalue weighted by Crippen LogP contribution is 2.33. The van der Waals surface area contributed by atoms with Gasteiger partial charge in [0.2, 0.25) is 5.95 Å². The maximum atomic E-state index is 11.6. The summed E-state index contributed by atoms with van der Waals surface area (Å²) in [5, 5.41) is 6.45.